The van der Waals surface area contributed by atoms with Gasteiger partial charge < -0.3 is 25.2 Å². The van der Waals surface area contributed by atoms with E-state index in [0.29, 0.717) is 25.7 Å². The van der Waals surface area contributed by atoms with Gasteiger partial charge in [-0.05, 0) is 79.0 Å². The number of amides is 3. The normalized spacial score (nSPS) is 20.0. The van der Waals surface area contributed by atoms with Crippen LogP contribution in [0.5, 0.6) is 0 Å². The maximum atomic E-state index is 12.8. The van der Waals surface area contributed by atoms with Gasteiger partial charge in [-0.25, -0.2) is 14.6 Å². The first kappa shape index (κ1) is 21.0. The lowest BCUT2D eigenvalue weighted by Gasteiger charge is -2.33. The third kappa shape index (κ3) is 3.67. The number of carbonyl (C=O) groups excluding carboxylic acids is 1. The van der Waals surface area contributed by atoms with Crippen molar-refractivity contribution in [2.45, 2.75) is 57.7 Å². The summed E-state index contributed by atoms with van der Waals surface area (Å²) >= 11 is 0. The Morgan fingerprint density at radius 3 is 2.79 bits per heavy atom. The minimum Gasteiger partial charge on any atom is -0.465 e. The van der Waals surface area contributed by atoms with Crippen molar-refractivity contribution in [1.29, 1.82) is 0 Å². The highest BCUT2D eigenvalue weighted by molar-refractivity contribution is 5.85. The Labute approximate surface area is 198 Å². The lowest BCUT2D eigenvalue weighted by molar-refractivity contribution is 0.139. The maximum Gasteiger partial charge on any atom is 0.407 e. The number of likely N-dealkylation sites (tertiary alicyclic amines) is 1. The van der Waals surface area contributed by atoms with Crippen LogP contribution in [0.15, 0.2) is 30.6 Å². The predicted molar refractivity (Wildman–Crippen MR) is 129 cm³/mol. The Morgan fingerprint density at radius 1 is 1.15 bits per heavy atom. The second-order valence-corrected chi connectivity index (χ2v) is 9.82. The summed E-state index contributed by atoms with van der Waals surface area (Å²) in [5, 5.41) is 14.0. The molecule has 1 saturated carbocycles. The number of H-pyrrole nitrogens is 1. The summed E-state index contributed by atoms with van der Waals surface area (Å²) < 4.78 is 0. The average Bonchev–Trinajstić information content (AvgIpc) is 3.37. The number of aromatic nitrogens is 2. The fourth-order valence-electron chi connectivity index (χ4n) is 5.44. The number of urea groups is 1. The SMILES string of the molecule is Cc1c[nH]c2ncc(-c3cc4c(c([C@@H]5CCCN5C(=O)O)c3)CN(C(=O)NC3CC3)CC4)cc12. The molecule has 1 atom stereocenters. The van der Waals surface area contributed by atoms with Gasteiger partial charge in [-0.3, -0.25) is 0 Å². The Kier molecular flexibility index (Phi) is 4.97. The van der Waals surface area contributed by atoms with Gasteiger partial charge >= 0.3 is 12.1 Å². The molecule has 0 spiro atoms. The monoisotopic (exact) mass is 459 g/mol. The number of hydrogen-bond acceptors (Lipinski definition) is 3. The number of carbonyl (C=O) groups is 2. The fraction of sp³-hybridized carbons (Fsp3) is 0.423. The van der Waals surface area contributed by atoms with E-state index in [0.717, 1.165) is 71.0 Å². The van der Waals surface area contributed by atoms with Crippen molar-refractivity contribution in [3.63, 3.8) is 0 Å². The van der Waals surface area contributed by atoms with Crippen LogP contribution in [0.25, 0.3) is 22.2 Å². The number of fused-ring (bicyclic) bond motifs is 2. The van der Waals surface area contributed by atoms with Crippen LogP contribution >= 0.6 is 0 Å². The third-order valence-corrected chi connectivity index (χ3v) is 7.50. The van der Waals surface area contributed by atoms with Gasteiger partial charge in [-0.15, -0.1) is 0 Å². The summed E-state index contributed by atoms with van der Waals surface area (Å²) in [6, 6.07) is 6.61. The minimum atomic E-state index is -0.883. The number of pyridine rings is 1. The van der Waals surface area contributed by atoms with Crippen molar-refractivity contribution >= 4 is 23.2 Å². The number of nitrogens with zero attached hydrogens (tertiary/aromatic N) is 3. The molecule has 1 aliphatic carbocycles. The molecule has 1 saturated heterocycles. The fourth-order valence-corrected chi connectivity index (χ4v) is 5.44. The summed E-state index contributed by atoms with van der Waals surface area (Å²) in [5.74, 6) is 0. The zero-order valence-electron chi connectivity index (χ0n) is 19.3. The topological polar surface area (TPSA) is 102 Å². The molecule has 3 aromatic rings. The van der Waals surface area contributed by atoms with E-state index >= 15 is 0 Å². The van der Waals surface area contributed by atoms with Gasteiger partial charge in [0.15, 0.2) is 0 Å². The molecular weight excluding hydrogens is 430 g/mol. The largest absolute Gasteiger partial charge is 0.465 e. The molecule has 2 fully saturated rings. The summed E-state index contributed by atoms with van der Waals surface area (Å²) in [4.78, 5) is 36.0. The molecule has 3 amide bonds. The van der Waals surface area contributed by atoms with Crippen molar-refractivity contribution < 1.29 is 14.7 Å². The molecule has 8 nitrogen and oxygen atoms in total. The quantitative estimate of drug-likeness (QED) is 0.533. The van der Waals surface area contributed by atoms with Crippen LogP contribution in [-0.2, 0) is 13.0 Å². The van der Waals surface area contributed by atoms with Crippen LogP contribution in [0.3, 0.4) is 0 Å². The van der Waals surface area contributed by atoms with Gasteiger partial charge in [0, 0.05) is 49.0 Å². The number of hydrogen-bond donors (Lipinski definition) is 3. The lowest BCUT2D eigenvalue weighted by Crippen LogP contribution is -2.44. The lowest BCUT2D eigenvalue weighted by atomic mass is 9.87. The number of rotatable bonds is 3. The molecule has 4 heterocycles. The van der Waals surface area contributed by atoms with Crippen LogP contribution < -0.4 is 5.32 Å². The Bertz CT molecular complexity index is 1300. The zero-order valence-corrected chi connectivity index (χ0v) is 19.3. The van der Waals surface area contributed by atoms with Crippen LogP contribution in [0.1, 0.15) is 54.0 Å². The molecule has 3 N–H and O–H groups in total. The number of nitrogens with one attached hydrogen (secondary N) is 2. The Hall–Kier alpha value is -3.55. The van der Waals surface area contributed by atoms with E-state index in [1.54, 1.807) is 4.90 Å². The van der Waals surface area contributed by atoms with Crippen LogP contribution in [-0.4, -0.2) is 56.1 Å². The van der Waals surface area contributed by atoms with Crippen molar-refractivity contribution in [3.05, 3.63) is 52.8 Å². The summed E-state index contributed by atoms with van der Waals surface area (Å²) in [7, 11) is 0. The number of aromatic amines is 1. The van der Waals surface area contributed by atoms with Crippen molar-refractivity contribution in [1.82, 2.24) is 25.1 Å². The minimum absolute atomic E-state index is 0.0118. The van der Waals surface area contributed by atoms with Gasteiger partial charge in [-0.1, -0.05) is 6.07 Å². The average molecular weight is 460 g/mol. The summed E-state index contributed by atoms with van der Waals surface area (Å²) in [6.07, 6.45) is 7.47. The number of aryl methyl sites for hydroxylation is 1. The zero-order chi connectivity index (χ0) is 23.4. The molecule has 6 rings (SSSR count). The van der Waals surface area contributed by atoms with Gasteiger partial charge in [0.2, 0.25) is 0 Å². The van der Waals surface area contributed by atoms with Crippen molar-refractivity contribution in [2.75, 3.05) is 13.1 Å². The molecule has 2 aromatic heterocycles. The van der Waals surface area contributed by atoms with Gasteiger partial charge in [-0.2, -0.15) is 0 Å². The molecule has 3 aliphatic rings. The second-order valence-electron chi connectivity index (χ2n) is 9.82. The van der Waals surface area contributed by atoms with Crippen LogP contribution in [0.4, 0.5) is 9.59 Å². The van der Waals surface area contributed by atoms with Crippen LogP contribution in [0, 0.1) is 6.92 Å². The van der Waals surface area contributed by atoms with Crippen molar-refractivity contribution in [3.8, 4) is 11.1 Å². The highest BCUT2D eigenvalue weighted by atomic mass is 16.4. The molecule has 8 heteroatoms. The Morgan fingerprint density at radius 2 is 2.00 bits per heavy atom. The first-order valence-electron chi connectivity index (χ1n) is 12.1. The molecule has 0 unspecified atom stereocenters. The van der Waals surface area contributed by atoms with Gasteiger partial charge in [0.25, 0.3) is 0 Å². The van der Waals surface area contributed by atoms with E-state index in [4.69, 9.17) is 0 Å². The number of benzene rings is 1. The molecule has 1 aromatic carbocycles. The number of carboxylic acid groups (broad SMARTS) is 1. The van der Waals surface area contributed by atoms with E-state index in [1.165, 1.54) is 5.56 Å². The first-order valence-corrected chi connectivity index (χ1v) is 12.1. The highest BCUT2D eigenvalue weighted by Crippen LogP contribution is 2.40. The second kappa shape index (κ2) is 8.04. The van der Waals surface area contributed by atoms with Crippen LogP contribution in [0.2, 0.25) is 0 Å². The van der Waals surface area contributed by atoms with E-state index in [-0.39, 0.29) is 12.1 Å². The van der Waals surface area contributed by atoms with Gasteiger partial charge in [0.05, 0.1) is 6.04 Å². The molecule has 2 aliphatic heterocycles. The Balaban J connectivity index is 1.43. The predicted octanol–water partition coefficient (Wildman–Crippen LogP) is 4.58. The summed E-state index contributed by atoms with van der Waals surface area (Å²) in [6.45, 7) is 3.78. The molecule has 0 bridgehead atoms. The summed E-state index contributed by atoms with van der Waals surface area (Å²) in [5.41, 5.74) is 7.42. The highest BCUT2D eigenvalue weighted by Gasteiger charge is 2.35. The molecular formula is C26H29N5O3. The first-order chi connectivity index (χ1) is 16.5. The molecule has 34 heavy (non-hydrogen) atoms. The smallest absolute Gasteiger partial charge is 0.407 e. The van der Waals surface area contributed by atoms with E-state index in [9.17, 15) is 14.7 Å². The van der Waals surface area contributed by atoms with E-state index in [2.05, 4.69) is 40.4 Å². The molecule has 176 valence electrons. The van der Waals surface area contributed by atoms with Crippen molar-refractivity contribution in [2.24, 2.45) is 0 Å². The third-order valence-electron chi connectivity index (χ3n) is 7.50. The standard InChI is InChI=1S/C26H29N5O3/c1-15-12-27-24-20(15)11-18(13-28-24)17-9-16-6-8-30(25(32)29-19-4-5-19)14-22(16)21(10-17)23-3-2-7-31(23)26(33)34/h9-13,19,23H,2-8,14H2,1H3,(H,27,28)(H,29,32)(H,33,34)/t23-/m0/s1. The van der Waals surface area contributed by atoms with Gasteiger partial charge in [0.1, 0.15) is 5.65 Å². The maximum absolute atomic E-state index is 12.8. The van der Waals surface area contributed by atoms with E-state index < -0.39 is 6.09 Å². The van der Waals surface area contributed by atoms with E-state index in [1.807, 2.05) is 17.3 Å². The molecule has 0 radical (unpaired) electrons.